The Morgan fingerprint density at radius 3 is 1.17 bits per heavy atom. The van der Waals surface area contributed by atoms with Gasteiger partial charge in [-0.05, 0) is 11.1 Å². The van der Waals surface area contributed by atoms with Crippen molar-refractivity contribution in [3.63, 3.8) is 0 Å². The number of hydrogen-bond acceptors (Lipinski definition) is 6. The number of nitrogens with two attached hydrogens (primary N) is 2. The van der Waals surface area contributed by atoms with Gasteiger partial charge in [0.1, 0.15) is 0 Å². The third-order valence-corrected chi connectivity index (χ3v) is 2.83. The fraction of sp³-hybridized carbons (Fsp3) is 0.125. The van der Waals surface area contributed by atoms with Crippen LogP contribution in [0.2, 0.25) is 0 Å². The van der Waals surface area contributed by atoms with Gasteiger partial charge in [-0.2, -0.15) is 0 Å². The van der Waals surface area contributed by atoms with Crippen LogP contribution in [0.3, 0.4) is 0 Å². The molecule has 1 radical (unpaired) electrons. The van der Waals surface area contributed by atoms with E-state index in [0.29, 0.717) is 11.1 Å². The number of carboxylic acid groups (broad SMARTS) is 2. The Bertz CT molecular complexity index is 552. The van der Waals surface area contributed by atoms with Gasteiger partial charge in [-0.25, -0.2) is 0 Å². The van der Waals surface area contributed by atoms with Crippen LogP contribution in [-0.4, -0.2) is 11.9 Å². The van der Waals surface area contributed by atoms with E-state index in [4.69, 9.17) is 11.5 Å². The van der Waals surface area contributed by atoms with E-state index in [9.17, 15) is 19.8 Å². The van der Waals surface area contributed by atoms with Crippen molar-refractivity contribution in [3.8, 4) is 0 Å². The maximum absolute atomic E-state index is 10.3. The van der Waals surface area contributed by atoms with E-state index < -0.39 is 24.0 Å². The molecule has 0 aliphatic carbocycles. The van der Waals surface area contributed by atoms with Crippen LogP contribution in [0.15, 0.2) is 60.7 Å². The van der Waals surface area contributed by atoms with Gasteiger partial charge in [-0.3, -0.25) is 0 Å². The van der Waals surface area contributed by atoms with E-state index in [2.05, 4.69) is 0 Å². The molecule has 0 bridgehead atoms. The number of carbonyl (C=O) groups excluding carboxylic acids is 2. The topological polar surface area (TPSA) is 132 Å². The number of hydrogen-bond donors (Lipinski definition) is 2. The van der Waals surface area contributed by atoms with Crippen LogP contribution in [0.25, 0.3) is 0 Å². The Kier molecular flexibility index (Phi) is 9.53. The van der Waals surface area contributed by atoms with Crippen molar-refractivity contribution in [2.24, 2.45) is 11.5 Å². The normalized spacial score (nSPS) is 11.9. The van der Waals surface area contributed by atoms with Crippen LogP contribution in [0, 0.1) is 0 Å². The Morgan fingerprint density at radius 2 is 0.957 bits per heavy atom. The van der Waals surface area contributed by atoms with Gasteiger partial charge in [-0.1, -0.05) is 60.7 Å². The zero-order chi connectivity index (χ0) is 16.5. The van der Waals surface area contributed by atoms with Gasteiger partial charge < -0.3 is 31.3 Å². The van der Waals surface area contributed by atoms with Gasteiger partial charge in [0, 0.05) is 0 Å². The van der Waals surface area contributed by atoms with Gasteiger partial charge in [0.15, 0.2) is 0 Å². The van der Waals surface area contributed by atoms with Crippen LogP contribution < -0.4 is 21.7 Å². The first kappa shape index (κ1) is 20.8. The molecule has 0 aliphatic rings. The van der Waals surface area contributed by atoms with E-state index in [1.54, 1.807) is 60.7 Å². The maximum atomic E-state index is 10.3. The molecular weight excluding hydrogens is 339 g/mol. The number of aliphatic carboxylic acids is 2. The van der Waals surface area contributed by atoms with Crippen molar-refractivity contribution in [2.45, 2.75) is 12.1 Å². The summed E-state index contributed by atoms with van der Waals surface area (Å²) in [5.41, 5.74) is 11.7. The smallest absolute Gasteiger partial charge is 0.548 e. The van der Waals surface area contributed by atoms with Gasteiger partial charge in [0.25, 0.3) is 0 Å². The van der Waals surface area contributed by atoms with E-state index in [0.717, 1.165) is 0 Å². The van der Waals surface area contributed by atoms with E-state index >= 15 is 0 Å². The van der Waals surface area contributed by atoms with Crippen LogP contribution in [0.5, 0.6) is 0 Å². The summed E-state index contributed by atoms with van der Waals surface area (Å²) in [7, 11) is 0. The minimum Gasteiger partial charge on any atom is -0.548 e. The second kappa shape index (κ2) is 10.5. The third kappa shape index (κ3) is 7.08. The second-order valence-corrected chi connectivity index (χ2v) is 4.41. The van der Waals surface area contributed by atoms with Crippen molar-refractivity contribution in [1.82, 2.24) is 0 Å². The molecule has 0 amide bonds. The molecule has 23 heavy (non-hydrogen) atoms. The molecule has 0 unspecified atom stereocenters. The van der Waals surface area contributed by atoms with Crippen molar-refractivity contribution in [1.29, 1.82) is 0 Å². The first-order valence-electron chi connectivity index (χ1n) is 6.46. The summed E-state index contributed by atoms with van der Waals surface area (Å²) in [6.07, 6.45) is 0. The van der Waals surface area contributed by atoms with Gasteiger partial charge in [-0.15, -0.1) is 0 Å². The second-order valence-electron chi connectivity index (χ2n) is 4.41. The standard InChI is InChI=1S/2C8H9NO2.Mn/c2*9-7(8(10)11)6-4-2-1-3-5-6;/h2*1-5,7H,9H2,(H,10,11);/q;;+2/p-2/t2*7-;/m00./s1. The van der Waals surface area contributed by atoms with Crippen LogP contribution in [-0.2, 0) is 26.7 Å². The molecule has 6 nitrogen and oxygen atoms in total. The molecular formula is C16H16MnN2O4. The number of benzene rings is 2. The SMILES string of the molecule is N[C@H](C(=O)[O-])c1ccccc1.N[C@H](C(=O)[O-])c1ccccc1.[Mn+2]. The summed E-state index contributed by atoms with van der Waals surface area (Å²) < 4.78 is 0. The van der Waals surface area contributed by atoms with Crippen molar-refractivity contribution < 1.29 is 36.9 Å². The summed E-state index contributed by atoms with van der Waals surface area (Å²) in [6, 6.07) is 15.1. The molecule has 0 saturated heterocycles. The molecule has 7 heteroatoms. The maximum Gasteiger partial charge on any atom is 2.00 e. The third-order valence-electron chi connectivity index (χ3n) is 2.83. The van der Waals surface area contributed by atoms with E-state index in [-0.39, 0.29) is 17.1 Å². The van der Waals surface area contributed by atoms with Crippen molar-refractivity contribution in [3.05, 3.63) is 71.8 Å². The summed E-state index contributed by atoms with van der Waals surface area (Å²) in [5.74, 6) is -2.51. The average Bonchev–Trinajstić information content (AvgIpc) is 2.55. The first-order chi connectivity index (χ1) is 10.4. The molecule has 0 heterocycles. The molecule has 2 aromatic carbocycles. The molecule has 0 fully saturated rings. The number of carbonyl (C=O) groups is 2. The van der Waals surface area contributed by atoms with E-state index in [1.165, 1.54) is 0 Å². The number of carboxylic acids is 2. The molecule has 2 atom stereocenters. The Balaban J connectivity index is 0.000000403. The summed E-state index contributed by atoms with van der Waals surface area (Å²) in [4.78, 5) is 20.5. The predicted octanol–water partition coefficient (Wildman–Crippen LogP) is -1.13. The molecule has 121 valence electrons. The monoisotopic (exact) mass is 355 g/mol. The van der Waals surface area contributed by atoms with Crippen LogP contribution in [0.1, 0.15) is 23.2 Å². The van der Waals surface area contributed by atoms with Crippen molar-refractivity contribution >= 4 is 11.9 Å². The zero-order valence-electron chi connectivity index (χ0n) is 12.1. The minimum absolute atomic E-state index is 0. The predicted molar refractivity (Wildman–Crippen MR) is 76.8 cm³/mol. The zero-order valence-corrected chi connectivity index (χ0v) is 13.3. The quantitative estimate of drug-likeness (QED) is 0.667. The Labute approximate surface area is 144 Å². The first-order valence-corrected chi connectivity index (χ1v) is 6.46. The molecule has 2 aromatic rings. The molecule has 2 rings (SSSR count). The van der Waals surface area contributed by atoms with Crippen LogP contribution in [0.4, 0.5) is 0 Å². The van der Waals surface area contributed by atoms with E-state index in [1.807, 2.05) is 0 Å². The van der Waals surface area contributed by atoms with Crippen molar-refractivity contribution in [2.75, 3.05) is 0 Å². The van der Waals surface area contributed by atoms with Gasteiger partial charge >= 0.3 is 17.1 Å². The summed E-state index contributed by atoms with van der Waals surface area (Å²) in [6.45, 7) is 0. The van der Waals surface area contributed by atoms with Gasteiger partial charge in [0.05, 0.1) is 24.0 Å². The number of rotatable bonds is 4. The molecule has 4 N–H and O–H groups in total. The van der Waals surface area contributed by atoms with Crippen LogP contribution >= 0.6 is 0 Å². The minimum atomic E-state index is -1.25. The summed E-state index contributed by atoms with van der Waals surface area (Å²) >= 11 is 0. The Hall–Kier alpha value is -2.18. The Morgan fingerprint density at radius 1 is 0.696 bits per heavy atom. The average molecular weight is 355 g/mol. The fourth-order valence-corrected chi connectivity index (χ4v) is 1.59. The molecule has 0 aromatic heterocycles. The largest absolute Gasteiger partial charge is 2.00 e. The van der Waals surface area contributed by atoms with Gasteiger partial charge in [0.2, 0.25) is 0 Å². The summed E-state index contributed by atoms with van der Waals surface area (Å²) in [5, 5.41) is 20.5. The fourth-order valence-electron chi connectivity index (χ4n) is 1.59. The molecule has 0 spiro atoms. The molecule has 0 aliphatic heterocycles. The molecule has 0 saturated carbocycles.